The lowest BCUT2D eigenvalue weighted by atomic mass is 10.2. The Morgan fingerprint density at radius 1 is 0.351 bits per heavy atom. The summed E-state index contributed by atoms with van der Waals surface area (Å²) in [6.45, 7) is 0. The number of halogens is 22. The molecule has 0 spiro atoms. The van der Waals surface area contributed by atoms with E-state index in [-0.39, 0.29) is 0 Å². The van der Waals surface area contributed by atoms with Crippen LogP contribution in [0, 0.1) is 0 Å². The monoisotopic (exact) mass is 610 g/mol. The van der Waals surface area contributed by atoms with Crippen LogP contribution in [0.25, 0.3) is 0 Å². The summed E-state index contributed by atoms with van der Waals surface area (Å²) in [5.41, 5.74) is 0. The number of ether oxygens (including phenoxy) is 3. The topological polar surface area (TPSA) is 27.7 Å². The fourth-order valence-electron chi connectivity index (χ4n) is 1.37. The normalized spacial score (nSPS) is 15.0. The molecule has 0 N–H and O–H groups in total. The van der Waals surface area contributed by atoms with Crippen LogP contribution in [-0.4, -0.2) is 48.6 Å². The highest BCUT2D eigenvalue weighted by molar-refractivity contribution is 5.19. The van der Waals surface area contributed by atoms with E-state index in [0.717, 1.165) is 0 Å². The molecule has 0 radical (unpaired) electrons. The molecule has 0 aromatic heterocycles. The SMILES string of the molecule is FC(F)=C(OC(=C(F)F)C(F)(F)C(F)(F)OC(F)(F)C(F)(F)F)C(F)(F)C(F)(F)OC(F)(F)C(F)(F)F. The van der Waals surface area contributed by atoms with Crippen LogP contribution in [0.4, 0.5) is 96.6 Å². The van der Waals surface area contributed by atoms with E-state index in [1.807, 2.05) is 0 Å². The van der Waals surface area contributed by atoms with Crippen LogP contribution in [0.1, 0.15) is 0 Å². The summed E-state index contributed by atoms with van der Waals surface area (Å²) < 4.78 is 283. The Labute approximate surface area is 184 Å². The van der Waals surface area contributed by atoms with Gasteiger partial charge in [-0.2, -0.15) is 96.6 Å². The standard InChI is InChI=1S/C12F22O3/c13-3(14)1(5(17,18)9(27,28)36-11(31,32)7(21,22)23)35-2(4(15)16)6(19,20)10(29,30)37-12(33,34)8(24,25)26. The molecule has 0 saturated heterocycles. The average molecular weight is 610 g/mol. The summed E-state index contributed by atoms with van der Waals surface area (Å²) in [5, 5.41) is 0. The number of hydrogen-bond donors (Lipinski definition) is 0. The highest BCUT2D eigenvalue weighted by Crippen LogP contribution is 2.53. The molecule has 0 rings (SSSR count). The van der Waals surface area contributed by atoms with Gasteiger partial charge in [0.15, 0.2) is 0 Å². The van der Waals surface area contributed by atoms with Crippen LogP contribution in [-0.2, 0) is 14.2 Å². The van der Waals surface area contributed by atoms with Crippen LogP contribution < -0.4 is 0 Å². The first-order valence-electron chi connectivity index (χ1n) is 7.38. The first-order chi connectivity index (χ1) is 15.8. The zero-order valence-corrected chi connectivity index (χ0v) is 15.5. The van der Waals surface area contributed by atoms with Gasteiger partial charge in [-0.25, -0.2) is 9.47 Å². The second kappa shape index (κ2) is 9.76. The maximum absolute atomic E-state index is 13.5. The van der Waals surface area contributed by atoms with Crippen molar-refractivity contribution in [1.82, 2.24) is 0 Å². The molecule has 220 valence electrons. The second-order valence-electron chi connectivity index (χ2n) is 5.70. The third-order valence-electron chi connectivity index (χ3n) is 3.02. The minimum atomic E-state index is -7.72. The molecule has 0 aromatic carbocycles. The van der Waals surface area contributed by atoms with E-state index in [4.69, 9.17) is 0 Å². The van der Waals surface area contributed by atoms with Gasteiger partial charge in [0.25, 0.3) is 0 Å². The lowest BCUT2D eigenvalue weighted by molar-refractivity contribution is -0.486. The van der Waals surface area contributed by atoms with Gasteiger partial charge in [0.1, 0.15) is 0 Å². The van der Waals surface area contributed by atoms with Crippen LogP contribution in [0.2, 0.25) is 0 Å². The number of rotatable bonds is 10. The Morgan fingerprint density at radius 3 is 0.730 bits per heavy atom. The molecular weight excluding hydrogens is 610 g/mol. The maximum atomic E-state index is 13.5. The zero-order valence-electron chi connectivity index (χ0n) is 15.5. The average Bonchev–Trinajstić information content (AvgIpc) is 2.56. The fourth-order valence-corrected chi connectivity index (χ4v) is 1.37. The Morgan fingerprint density at radius 2 is 0.568 bits per heavy atom. The molecule has 0 heterocycles. The van der Waals surface area contributed by atoms with Crippen LogP contribution in [0.15, 0.2) is 23.7 Å². The van der Waals surface area contributed by atoms with Crippen LogP contribution in [0.3, 0.4) is 0 Å². The molecule has 0 aromatic rings. The van der Waals surface area contributed by atoms with Gasteiger partial charge in [-0.15, -0.1) is 0 Å². The Bertz CT molecular complexity index is 812. The first-order valence-corrected chi connectivity index (χ1v) is 7.38. The van der Waals surface area contributed by atoms with E-state index in [0.29, 0.717) is 0 Å². The number of hydrogen-bond acceptors (Lipinski definition) is 3. The second-order valence-corrected chi connectivity index (χ2v) is 5.70. The summed E-state index contributed by atoms with van der Waals surface area (Å²) in [7, 11) is 0. The van der Waals surface area contributed by atoms with Crippen LogP contribution >= 0.6 is 0 Å². The van der Waals surface area contributed by atoms with Crippen molar-refractivity contribution in [3.8, 4) is 0 Å². The Kier molecular flexibility index (Phi) is 9.14. The third kappa shape index (κ3) is 6.95. The third-order valence-corrected chi connectivity index (χ3v) is 3.02. The maximum Gasteiger partial charge on any atom is 0.483 e. The predicted octanol–water partition coefficient (Wildman–Crippen LogP) is 8.02. The van der Waals surface area contributed by atoms with Crippen molar-refractivity contribution in [1.29, 1.82) is 0 Å². The molecule has 0 aliphatic heterocycles. The molecular formula is C12F22O3. The zero-order chi connectivity index (χ0) is 30.4. The first kappa shape index (κ1) is 34.7. The van der Waals surface area contributed by atoms with E-state index in [1.54, 1.807) is 0 Å². The smallest absolute Gasteiger partial charge is 0.441 e. The molecule has 0 bridgehead atoms. The molecule has 0 saturated carbocycles. The molecule has 0 fully saturated rings. The quantitative estimate of drug-likeness (QED) is 0.185. The minimum absolute atomic E-state index is 1.31. The van der Waals surface area contributed by atoms with Crippen molar-refractivity contribution in [2.24, 2.45) is 0 Å². The minimum Gasteiger partial charge on any atom is -0.441 e. The van der Waals surface area contributed by atoms with Gasteiger partial charge < -0.3 is 4.74 Å². The lowest BCUT2D eigenvalue weighted by Gasteiger charge is -2.33. The van der Waals surface area contributed by atoms with E-state index in [2.05, 4.69) is 4.74 Å². The largest absolute Gasteiger partial charge is 0.483 e. The van der Waals surface area contributed by atoms with Crippen molar-refractivity contribution in [2.75, 3.05) is 0 Å². The van der Waals surface area contributed by atoms with Crippen molar-refractivity contribution in [3.05, 3.63) is 23.7 Å². The van der Waals surface area contributed by atoms with Gasteiger partial charge in [-0.05, 0) is 0 Å². The molecule has 0 aliphatic rings. The van der Waals surface area contributed by atoms with Crippen molar-refractivity contribution >= 4 is 0 Å². The lowest BCUT2D eigenvalue weighted by Crippen LogP contribution is -2.54. The van der Waals surface area contributed by atoms with Crippen molar-refractivity contribution in [3.63, 3.8) is 0 Å². The van der Waals surface area contributed by atoms with Gasteiger partial charge in [0.05, 0.1) is 0 Å². The molecule has 37 heavy (non-hydrogen) atoms. The van der Waals surface area contributed by atoms with Gasteiger partial charge in [0, 0.05) is 0 Å². The van der Waals surface area contributed by atoms with E-state index < -0.39 is 72.3 Å². The number of alkyl halides is 18. The molecule has 0 aliphatic carbocycles. The molecule has 0 atom stereocenters. The molecule has 3 nitrogen and oxygen atoms in total. The fraction of sp³-hybridized carbons (Fsp3) is 0.667. The van der Waals surface area contributed by atoms with Gasteiger partial charge in [-0.1, -0.05) is 0 Å². The highest BCUT2D eigenvalue weighted by atomic mass is 19.4. The van der Waals surface area contributed by atoms with E-state index in [1.165, 1.54) is 9.47 Å². The summed E-state index contributed by atoms with van der Waals surface area (Å²) >= 11 is 0. The Hall–Kier alpha value is -2.34. The van der Waals surface area contributed by atoms with Gasteiger partial charge in [0.2, 0.25) is 11.5 Å². The van der Waals surface area contributed by atoms with E-state index >= 15 is 0 Å². The highest BCUT2D eigenvalue weighted by Gasteiger charge is 2.75. The molecule has 0 amide bonds. The van der Waals surface area contributed by atoms with Crippen molar-refractivity contribution in [2.45, 2.75) is 48.6 Å². The van der Waals surface area contributed by atoms with Gasteiger partial charge in [-0.3, -0.25) is 0 Å². The summed E-state index contributed by atoms with van der Waals surface area (Å²) in [6.07, 6.45) is -54.6. The summed E-state index contributed by atoms with van der Waals surface area (Å²) in [4.78, 5) is 0. The summed E-state index contributed by atoms with van der Waals surface area (Å²) in [5.74, 6) is -25.1. The predicted molar refractivity (Wildman–Crippen MR) is 63.5 cm³/mol. The molecule has 0 unspecified atom stereocenters. The van der Waals surface area contributed by atoms with E-state index in [9.17, 15) is 96.6 Å². The Balaban J connectivity index is 6.69. The summed E-state index contributed by atoms with van der Waals surface area (Å²) in [6, 6.07) is 0. The van der Waals surface area contributed by atoms with Crippen molar-refractivity contribution < 1.29 is 111 Å². The van der Waals surface area contributed by atoms with Gasteiger partial charge >= 0.3 is 60.8 Å². The molecule has 25 heteroatoms. The van der Waals surface area contributed by atoms with Crippen LogP contribution in [0.5, 0.6) is 0 Å².